The van der Waals surface area contributed by atoms with Gasteiger partial charge in [-0.3, -0.25) is 19.8 Å². The average molecular weight is 446 g/mol. The smallest absolute Gasteiger partial charge is 0.335 e. The Labute approximate surface area is 189 Å². The van der Waals surface area contributed by atoms with Gasteiger partial charge in [0.25, 0.3) is 11.8 Å². The van der Waals surface area contributed by atoms with Gasteiger partial charge in [0.15, 0.2) is 5.11 Å². The Balaban J connectivity index is 1.69. The summed E-state index contributed by atoms with van der Waals surface area (Å²) in [6.07, 6.45) is 1.35. The average Bonchev–Trinajstić information content (AvgIpc) is 3.23. The Morgan fingerprint density at radius 1 is 1.09 bits per heavy atom. The Kier molecular flexibility index (Phi) is 5.46. The molecule has 1 aromatic heterocycles. The second kappa shape index (κ2) is 8.24. The fourth-order valence-electron chi connectivity index (χ4n) is 3.39. The maximum atomic E-state index is 13.2. The lowest BCUT2D eigenvalue weighted by Gasteiger charge is -2.30. The number of carbonyl (C=O) groups excluding carboxylic acids is 2. The molecule has 8 heteroatoms. The van der Waals surface area contributed by atoms with Gasteiger partial charge < -0.3 is 9.52 Å². The number of carboxylic acid groups (broad SMARTS) is 1. The number of rotatable bonds is 4. The molecule has 0 spiro atoms. The number of aromatic carboxylic acids is 1. The molecular formula is C24H18N2O5S. The highest BCUT2D eigenvalue weighted by Gasteiger charge is 2.35. The van der Waals surface area contributed by atoms with Crippen molar-refractivity contribution >= 4 is 46.9 Å². The van der Waals surface area contributed by atoms with Crippen molar-refractivity contribution < 1.29 is 23.9 Å². The van der Waals surface area contributed by atoms with Gasteiger partial charge >= 0.3 is 5.97 Å². The van der Waals surface area contributed by atoms with E-state index in [1.54, 1.807) is 30.3 Å². The van der Waals surface area contributed by atoms with Gasteiger partial charge in [0, 0.05) is 5.56 Å². The molecule has 0 saturated carbocycles. The molecule has 2 heterocycles. The van der Waals surface area contributed by atoms with E-state index in [-0.39, 0.29) is 22.0 Å². The van der Waals surface area contributed by atoms with E-state index in [1.807, 2.05) is 26.0 Å². The summed E-state index contributed by atoms with van der Waals surface area (Å²) in [7, 11) is 0. The van der Waals surface area contributed by atoms with Crippen LogP contribution in [0, 0.1) is 13.8 Å². The van der Waals surface area contributed by atoms with E-state index in [2.05, 4.69) is 5.32 Å². The summed E-state index contributed by atoms with van der Waals surface area (Å²) < 4.78 is 5.76. The van der Waals surface area contributed by atoms with Crippen molar-refractivity contribution in [3.8, 4) is 11.3 Å². The minimum Gasteiger partial charge on any atom is -0.478 e. The van der Waals surface area contributed by atoms with Crippen LogP contribution in [0.25, 0.3) is 17.4 Å². The lowest BCUT2D eigenvalue weighted by atomic mass is 10.0. The second-order valence-electron chi connectivity index (χ2n) is 7.26. The molecule has 160 valence electrons. The number of anilines is 1. The number of furan rings is 1. The predicted molar refractivity (Wildman–Crippen MR) is 123 cm³/mol. The van der Waals surface area contributed by atoms with E-state index < -0.39 is 17.8 Å². The topological polar surface area (TPSA) is 99.8 Å². The number of carbonyl (C=O) groups is 3. The highest BCUT2D eigenvalue weighted by Crippen LogP contribution is 2.28. The zero-order valence-corrected chi connectivity index (χ0v) is 18.0. The van der Waals surface area contributed by atoms with E-state index in [0.29, 0.717) is 17.0 Å². The summed E-state index contributed by atoms with van der Waals surface area (Å²) in [4.78, 5) is 38.2. The Morgan fingerprint density at radius 3 is 2.59 bits per heavy atom. The molecule has 1 saturated heterocycles. The second-order valence-corrected chi connectivity index (χ2v) is 7.65. The third-order valence-corrected chi connectivity index (χ3v) is 5.51. The van der Waals surface area contributed by atoms with Crippen molar-refractivity contribution in [2.24, 2.45) is 0 Å². The standard InChI is InChI=1S/C24H18N2O5S/c1-13-5-3-8-19(14(13)2)26-22(28)18(21(27)25-24(26)32)12-17-9-10-20(31-17)15-6-4-7-16(11-15)23(29)30/h3-12H,1-2H3,(H,29,30)(H,25,27,32)/b18-12+. The number of nitrogens with zero attached hydrogens (tertiary/aromatic N) is 1. The quantitative estimate of drug-likeness (QED) is 0.356. The van der Waals surface area contributed by atoms with Crippen LogP contribution < -0.4 is 10.2 Å². The van der Waals surface area contributed by atoms with E-state index in [4.69, 9.17) is 16.6 Å². The zero-order valence-electron chi connectivity index (χ0n) is 17.2. The summed E-state index contributed by atoms with van der Waals surface area (Å²) in [6.45, 7) is 3.81. The molecule has 0 aliphatic carbocycles. The van der Waals surface area contributed by atoms with Crippen LogP contribution in [-0.4, -0.2) is 28.0 Å². The lowest BCUT2D eigenvalue weighted by molar-refractivity contribution is -0.122. The number of thiocarbonyl (C=S) groups is 1. The number of aryl methyl sites for hydroxylation is 1. The fourth-order valence-corrected chi connectivity index (χ4v) is 3.66. The molecule has 7 nitrogen and oxygen atoms in total. The summed E-state index contributed by atoms with van der Waals surface area (Å²) in [5, 5.41) is 11.7. The third-order valence-electron chi connectivity index (χ3n) is 5.23. The minimum absolute atomic E-state index is 0.0106. The van der Waals surface area contributed by atoms with Gasteiger partial charge in [-0.15, -0.1) is 0 Å². The van der Waals surface area contributed by atoms with Crippen molar-refractivity contribution in [3.05, 3.63) is 82.6 Å². The molecule has 1 aliphatic heterocycles. The molecule has 2 amide bonds. The molecular weight excluding hydrogens is 428 g/mol. The van der Waals surface area contributed by atoms with Crippen molar-refractivity contribution in [2.45, 2.75) is 13.8 Å². The maximum Gasteiger partial charge on any atom is 0.335 e. The van der Waals surface area contributed by atoms with E-state index >= 15 is 0 Å². The van der Waals surface area contributed by atoms with Crippen LogP contribution in [0.4, 0.5) is 5.69 Å². The van der Waals surface area contributed by atoms with Gasteiger partial charge in [0.2, 0.25) is 0 Å². The lowest BCUT2D eigenvalue weighted by Crippen LogP contribution is -2.54. The molecule has 3 aromatic rings. The number of amides is 2. The Morgan fingerprint density at radius 2 is 1.84 bits per heavy atom. The number of hydrogen-bond donors (Lipinski definition) is 2. The minimum atomic E-state index is -1.05. The third kappa shape index (κ3) is 3.83. The fraction of sp³-hybridized carbons (Fsp3) is 0.0833. The molecule has 4 rings (SSSR count). The summed E-state index contributed by atoms with van der Waals surface area (Å²) >= 11 is 5.26. The molecule has 0 radical (unpaired) electrons. The van der Waals surface area contributed by atoms with Crippen molar-refractivity contribution in [1.82, 2.24) is 5.32 Å². The number of carboxylic acids is 1. The number of nitrogens with one attached hydrogen (secondary N) is 1. The number of benzene rings is 2. The highest BCUT2D eigenvalue weighted by atomic mass is 32.1. The molecule has 1 aliphatic rings. The molecule has 0 unspecified atom stereocenters. The van der Waals surface area contributed by atoms with E-state index in [9.17, 15) is 19.5 Å². The summed E-state index contributed by atoms with van der Waals surface area (Å²) in [6, 6.07) is 15.0. The maximum absolute atomic E-state index is 13.2. The Bertz CT molecular complexity index is 1320. The molecule has 0 atom stereocenters. The van der Waals surface area contributed by atoms with Crippen LogP contribution in [-0.2, 0) is 9.59 Å². The summed E-state index contributed by atoms with van der Waals surface area (Å²) in [5.41, 5.74) is 3.01. The first-order valence-electron chi connectivity index (χ1n) is 9.67. The predicted octanol–water partition coefficient (Wildman–Crippen LogP) is 4.09. The Hall–Kier alpha value is -4.04. The largest absolute Gasteiger partial charge is 0.478 e. The van der Waals surface area contributed by atoms with Gasteiger partial charge in [0.1, 0.15) is 17.1 Å². The first-order chi connectivity index (χ1) is 15.3. The molecule has 32 heavy (non-hydrogen) atoms. The molecule has 1 fully saturated rings. The SMILES string of the molecule is Cc1cccc(N2C(=O)/C(=C/c3ccc(-c4cccc(C(=O)O)c4)o3)C(=O)NC2=S)c1C. The van der Waals surface area contributed by atoms with Crippen molar-refractivity contribution in [2.75, 3.05) is 4.90 Å². The van der Waals surface area contributed by atoms with Gasteiger partial charge in [-0.25, -0.2) is 4.79 Å². The molecule has 0 bridgehead atoms. The van der Waals surface area contributed by atoms with Crippen LogP contribution in [0.3, 0.4) is 0 Å². The van der Waals surface area contributed by atoms with Crippen LogP contribution in [0.2, 0.25) is 0 Å². The molecule has 2 aromatic carbocycles. The summed E-state index contributed by atoms with van der Waals surface area (Å²) in [5.74, 6) is -1.54. The van der Waals surface area contributed by atoms with Crippen LogP contribution in [0.15, 0.2) is 64.6 Å². The van der Waals surface area contributed by atoms with Crippen molar-refractivity contribution in [1.29, 1.82) is 0 Å². The van der Waals surface area contributed by atoms with E-state index in [1.165, 1.54) is 23.1 Å². The van der Waals surface area contributed by atoms with Gasteiger partial charge in [-0.05, 0) is 73.6 Å². The van der Waals surface area contributed by atoms with Crippen LogP contribution in [0.1, 0.15) is 27.2 Å². The van der Waals surface area contributed by atoms with E-state index in [0.717, 1.165) is 11.1 Å². The van der Waals surface area contributed by atoms with Gasteiger partial charge in [0.05, 0.1) is 11.3 Å². The van der Waals surface area contributed by atoms with Crippen molar-refractivity contribution in [3.63, 3.8) is 0 Å². The molecule has 2 N–H and O–H groups in total. The number of hydrogen-bond acceptors (Lipinski definition) is 5. The highest BCUT2D eigenvalue weighted by molar-refractivity contribution is 7.80. The first kappa shape index (κ1) is 21.2. The van der Waals surface area contributed by atoms with Crippen LogP contribution >= 0.6 is 12.2 Å². The normalized spacial score (nSPS) is 15.2. The van der Waals surface area contributed by atoms with Gasteiger partial charge in [-0.1, -0.05) is 24.3 Å². The zero-order chi connectivity index (χ0) is 23.0. The van der Waals surface area contributed by atoms with Gasteiger partial charge in [-0.2, -0.15) is 0 Å². The first-order valence-corrected chi connectivity index (χ1v) is 10.1. The van der Waals surface area contributed by atoms with Crippen LogP contribution in [0.5, 0.6) is 0 Å². The monoisotopic (exact) mass is 446 g/mol.